The van der Waals surface area contributed by atoms with Crippen molar-refractivity contribution in [3.05, 3.63) is 12.4 Å². The van der Waals surface area contributed by atoms with Crippen LogP contribution in [0, 0.1) is 0 Å². The average molecular weight is 208 g/mol. The van der Waals surface area contributed by atoms with Crippen LogP contribution in [0.5, 0.6) is 5.88 Å². The van der Waals surface area contributed by atoms with Gasteiger partial charge >= 0.3 is 0 Å². The molecule has 1 fully saturated rings. The normalized spacial score (nSPS) is 17.9. The van der Waals surface area contributed by atoms with Gasteiger partial charge in [0.15, 0.2) is 5.82 Å². The summed E-state index contributed by atoms with van der Waals surface area (Å²) in [5, 5.41) is 0. The summed E-state index contributed by atoms with van der Waals surface area (Å²) in [7, 11) is 1.61. The van der Waals surface area contributed by atoms with Gasteiger partial charge in [0.2, 0.25) is 0 Å². The van der Waals surface area contributed by atoms with E-state index in [-0.39, 0.29) is 0 Å². The number of aromatic nitrogens is 2. The molecule has 2 N–H and O–H groups in total. The molecule has 1 aliphatic heterocycles. The second-order valence-corrected chi connectivity index (χ2v) is 3.71. The van der Waals surface area contributed by atoms with Crippen LogP contribution in [0.15, 0.2) is 12.4 Å². The van der Waals surface area contributed by atoms with Gasteiger partial charge in [-0.25, -0.2) is 9.97 Å². The van der Waals surface area contributed by atoms with Crippen molar-refractivity contribution in [2.45, 2.75) is 18.9 Å². The minimum absolute atomic E-state index is 0.323. The SMILES string of the molecule is COc1nccnc1N1CCC(N)CC1. The van der Waals surface area contributed by atoms with Crippen LogP contribution in [0.2, 0.25) is 0 Å². The molecular formula is C10H16N4O. The van der Waals surface area contributed by atoms with Crippen LogP contribution < -0.4 is 15.4 Å². The summed E-state index contributed by atoms with van der Waals surface area (Å²) in [5.74, 6) is 1.42. The monoisotopic (exact) mass is 208 g/mol. The lowest BCUT2D eigenvalue weighted by Gasteiger charge is -2.31. The lowest BCUT2D eigenvalue weighted by atomic mass is 10.1. The van der Waals surface area contributed by atoms with E-state index in [1.165, 1.54) is 0 Å². The van der Waals surface area contributed by atoms with Gasteiger partial charge in [0.1, 0.15) is 0 Å². The first-order chi connectivity index (χ1) is 7.31. The fourth-order valence-electron chi connectivity index (χ4n) is 1.79. The number of piperidine rings is 1. The molecule has 0 unspecified atom stereocenters. The summed E-state index contributed by atoms with van der Waals surface area (Å²) in [6, 6.07) is 0.323. The number of rotatable bonds is 2. The summed E-state index contributed by atoms with van der Waals surface area (Å²) >= 11 is 0. The van der Waals surface area contributed by atoms with Gasteiger partial charge in [0.25, 0.3) is 5.88 Å². The molecule has 0 aliphatic carbocycles. The molecule has 0 bridgehead atoms. The number of nitrogens with two attached hydrogens (primary N) is 1. The van der Waals surface area contributed by atoms with Crippen LogP contribution in [-0.4, -0.2) is 36.2 Å². The minimum Gasteiger partial charge on any atom is -0.478 e. The zero-order chi connectivity index (χ0) is 10.7. The molecule has 1 saturated heterocycles. The Bertz CT molecular complexity index is 323. The second kappa shape index (κ2) is 4.44. The van der Waals surface area contributed by atoms with Crippen molar-refractivity contribution in [3.63, 3.8) is 0 Å². The lowest BCUT2D eigenvalue weighted by Crippen LogP contribution is -2.40. The number of ether oxygens (including phenoxy) is 1. The Morgan fingerprint density at radius 3 is 2.67 bits per heavy atom. The van der Waals surface area contributed by atoms with Crippen molar-refractivity contribution in [2.24, 2.45) is 5.73 Å². The Kier molecular flexibility index (Phi) is 3.01. The van der Waals surface area contributed by atoms with Crippen molar-refractivity contribution < 1.29 is 4.74 Å². The maximum absolute atomic E-state index is 5.85. The van der Waals surface area contributed by atoms with E-state index in [2.05, 4.69) is 14.9 Å². The first-order valence-electron chi connectivity index (χ1n) is 5.17. The zero-order valence-electron chi connectivity index (χ0n) is 8.89. The van der Waals surface area contributed by atoms with Gasteiger partial charge < -0.3 is 15.4 Å². The minimum atomic E-state index is 0.323. The van der Waals surface area contributed by atoms with Gasteiger partial charge in [-0.2, -0.15) is 0 Å². The molecule has 2 heterocycles. The topological polar surface area (TPSA) is 64.3 Å². The number of hydrogen-bond donors (Lipinski definition) is 1. The van der Waals surface area contributed by atoms with Crippen LogP contribution in [0.1, 0.15) is 12.8 Å². The molecule has 0 saturated carbocycles. The van der Waals surface area contributed by atoms with Crippen LogP contribution in [0.3, 0.4) is 0 Å². The molecule has 1 aromatic heterocycles. The third kappa shape index (κ3) is 2.18. The Morgan fingerprint density at radius 2 is 2.00 bits per heavy atom. The summed E-state index contributed by atoms with van der Waals surface area (Å²) in [4.78, 5) is 10.6. The number of nitrogens with zero attached hydrogens (tertiary/aromatic N) is 3. The Hall–Kier alpha value is -1.36. The molecule has 0 amide bonds. The molecule has 15 heavy (non-hydrogen) atoms. The molecule has 5 heteroatoms. The molecule has 0 radical (unpaired) electrons. The van der Waals surface area contributed by atoms with Crippen LogP contribution >= 0.6 is 0 Å². The van der Waals surface area contributed by atoms with Crippen molar-refractivity contribution in [3.8, 4) is 5.88 Å². The predicted octanol–water partition coefficient (Wildman–Crippen LogP) is 0.413. The number of hydrogen-bond acceptors (Lipinski definition) is 5. The third-order valence-corrected chi connectivity index (χ3v) is 2.68. The van der Waals surface area contributed by atoms with Gasteiger partial charge in [-0.3, -0.25) is 0 Å². The number of anilines is 1. The lowest BCUT2D eigenvalue weighted by molar-refractivity contribution is 0.392. The first kappa shape index (κ1) is 10.2. The molecular weight excluding hydrogens is 192 g/mol. The number of methoxy groups -OCH3 is 1. The van der Waals surface area contributed by atoms with Gasteiger partial charge in [0, 0.05) is 31.5 Å². The van der Waals surface area contributed by atoms with E-state index in [4.69, 9.17) is 10.5 Å². The smallest absolute Gasteiger partial charge is 0.257 e. The van der Waals surface area contributed by atoms with Gasteiger partial charge in [-0.1, -0.05) is 0 Å². The molecule has 0 atom stereocenters. The average Bonchev–Trinajstić information content (AvgIpc) is 2.30. The van der Waals surface area contributed by atoms with Crippen molar-refractivity contribution in [1.82, 2.24) is 9.97 Å². The predicted molar refractivity (Wildman–Crippen MR) is 58.0 cm³/mol. The van der Waals surface area contributed by atoms with E-state index in [0.717, 1.165) is 31.7 Å². The molecule has 1 aromatic rings. The Balaban J connectivity index is 2.15. The van der Waals surface area contributed by atoms with E-state index in [0.29, 0.717) is 11.9 Å². The fourth-order valence-corrected chi connectivity index (χ4v) is 1.79. The molecule has 82 valence electrons. The van der Waals surface area contributed by atoms with Crippen LogP contribution in [-0.2, 0) is 0 Å². The van der Waals surface area contributed by atoms with E-state index < -0.39 is 0 Å². The molecule has 0 spiro atoms. The third-order valence-electron chi connectivity index (χ3n) is 2.68. The van der Waals surface area contributed by atoms with E-state index >= 15 is 0 Å². The highest BCUT2D eigenvalue weighted by Gasteiger charge is 2.20. The van der Waals surface area contributed by atoms with Gasteiger partial charge in [0.05, 0.1) is 7.11 Å². The summed E-state index contributed by atoms with van der Waals surface area (Å²) in [6.45, 7) is 1.85. The molecule has 2 rings (SSSR count). The Labute approximate surface area is 89.3 Å². The highest BCUT2D eigenvalue weighted by molar-refractivity contribution is 5.48. The largest absolute Gasteiger partial charge is 0.478 e. The first-order valence-corrected chi connectivity index (χ1v) is 5.17. The second-order valence-electron chi connectivity index (χ2n) is 3.71. The summed E-state index contributed by atoms with van der Waals surface area (Å²) in [5.41, 5.74) is 5.85. The van der Waals surface area contributed by atoms with Crippen molar-refractivity contribution >= 4 is 5.82 Å². The zero-order valence-corrected chi connectivity index (χ0v) is 8.89. The Morgan fingerprint density at radius 1 is 1.33 bits per heavy atom. The molecule has 1 aliphatic rings. The van der Waals surface area contributed by atoms with E-state index in [9.17, 15) is 0 Å². The maximum atomic E-state index is 5.85. The van der Waals surface area contributed by atoms with Crippen molar-refractivity contribution in [1.29, 1.82) is 0 Å². The maximum Gasteiger partial charge on any atom is 0.257 e. The van der Waals surface area contributed by atoms with Crippen molar-refractivity contribution in [2.75, 3.05) is 25.1 Å². The van der Waals surface area contributed by atoms with Crippen LogP contribution in [0.25, 0.3) is 0 Å². The van der Waals surface area contributed by atoms with Crippen LogP contribution in [0.4, 0.5) is 5.82 Å². The van der Waals surface area contributed by atoms with Gasteiger partial charge in [-0.05, 0) is 12.8 Å². The van der Waals surface area contributed by atoms with E-state index in [1.54, 1.807) is 19.5 Å². The quantitative estimate of drug-likeness (QED) is 0.762. The molecule has 5 nitrogen and oxygen atoms in total. The van der Waals surface area contributed by atoms with Gasteiger partial charge in [-0.15, -0.1) is 0 Å². The highest BCUT2D eigenvalue weighted by atomic mass is 16.5. The standard InChI is InChI=1S/C10H16N4O/c1-15-10-9(12-4-5-13-10)14-6-2-8(11)3-7-14/h4-5,8H,2-3,6-7,11H2,1H3. The summed E-state index contributed by atoms with van der Waals surface area (Å²) < 4.78 is 5.18. The molecule has 0 aromatic carbocycles. The van der Waals surface area contributed by atoms with E-state index in [1.807, 2.05) is 0 Å². The highest BCUT2D eigenvalue weighted by Crippen LogP contribution is 2.24. The fraction of sp³-hybridized carbons (Fsp3) is 0.600. The summed E-state index contributed by atoms with van der Waals surface area (Å²) in [6.07, 6.45) is 5.32.